The van der Waals surface area contributed by atoms with Gasteiger partial charge in [-0.3, -0.25) is 9.59 Å². The number of benzene rings is 1. The third-order valence-electron chi connectivity index (χ3n) is 3.62. The van der Waals surface area contributed by atoms with Gasteiger partial charge in [-0.2, -0.15) is 0 Å². The number of carbonyl (C=O) groups excluding carboxylic acids is 2. The van der Waals surface area contributed by atoms with Gasteiger partial charge in [-0.15, -0.1) is 0 Å². The molecule has 0 saturated carbocycles. The van der Waals surface area contributed by atoms with E-state index in [1.54, 1.807) is 6.92 Å². The zero-order valence-corrected chi connectivity index (χ0v) is 13.1. The Balaban J connectivity index is 2.67. The molecule has 0 N–H and O–H groups in total. The maximum atomic E-state index is 12.8. The molecule has 1 aliphatic rings. The average Bonchev–Trinajstić information content (AvgIpc) is 2.42. The highest BCUT2D eigenvalue weighted by molar-refractivity contribution is 6.38. The van der Waals surface area contributed by atoms with Crippen LogP contribution in [0, 0.1) is 5.41 Å². The van der Waals surface area contributed by atoms with Crippen molar-refractivity contribution >= 4 is 17.1 Å². The number of carbonyl (C=O) groups is 2. The number of ether oxygens (including phenoxy) is 1. The van der Waals surface area contributed by atoms with Gasteiger partial charge in [-0.05, 0) is 17.9 Å². The number of methoxy groups -OCH3 is 1. The minimum Gasteiger partial charge on any atom is -0.492 e. The molecular formula is C18H20O3. The third-order valence-corrected chi connectivity index (χ3v) is 3.62. The van der Waals surface area contributed by atoms with Gasteiger partial charge in [-0.25, -0.2) is 0 Å². The largest absolute Gasteiger partial charge is 0.492 e. The molecule has 0 fully saturated rings. The Morgan fingerprint density at radius 2 is 1.52 bits per heavy atom. The monoisotopic (exact) mass is 284 g/mol. The average molecular weight is 284 g/mol. The Labute approximate surface area is 125 Å². The van der Waals surface area contributed by atoms with Crippen molar-refractivity contribution < 1.29 is 14.3 Å². The normalized spacial score (nSPS) is 16.6. The second kappa shape index (κ2) is 5.32. The molecule has 2 rings (SSSR count). The summed E-state index contributed by atoms with van der Waals surface area (Å²) in [5.74, 6) is -0.166. The Morgan fingerprint density at radius 3 is 2.00 bits per heavy atom. The third kappa shape index (κ3) is 2.56. The van der Waals surface area contributed by atoms with E-state index in [0.717, 1.165) is 5.56 Å². The van der Waals surface area contributed by atoms with Crippen molar-refractivity contribution in [2.45, 2.75) is 27.7 Å². The lowest BCUT2D eigenvalue weighted by molar-refractivity contribution is -0.118. The lowest BCUT2D eigenvalue weighted by atomic mass is 9.75. The van der Waals surface area contributed by atoms with Gasteiger partial charge in [0.15, 0.2) is 11.5 Å². The predicted molar refractivity (Wildman–Crippen MR) is 82.5 cm³/mol. The zero-order valence-electron chi connectivity index (χ0n) is 13.1. The molecule has 0 amide bonds. The van der Waals surface area contributed by atoms with E-state index < -0.39 is 5.41 Å². The first kappa shape index (κ1) is 15.2. The molecule has 0 bridgehead atoms. The first-order chi connectivity index (χ1) is 9.79. The number of Topliss-reactive ketones (excluding diaryl/α,β-unsaturated/α-hetero) is 2. The van der Waals surface area contributed by atoms with Crippen molar-refractivity contribution in [3.63, 3.8) is 0 Å². The fourth-order valence-corrected chi connectivity index (χ4v) is 2.63. The summed E-state index contributed by atoms with van der Waals surface area (Å²) in [5, 5.41) is 0. The van der Waals surface area contributed by atoms with Gasteiger partial charge >= 0.3 is 0 Å². The molecule has 0 radical (unpaired) electrons. The van der Waals surface area contributed by atoms with Crippen LogP contribution in [0.3, 0.4) is 0 Å². The molecule has 0 heterocycles. The van der Waals surface area contributed by atoms with E-state index in [9.17, 15) is 9.59 Å². The van der Waals surface area contributed by atoms with Crippen LogP contribution in [0.15, 0.2) is 47.2 Å². The molecule has 110 valence electrons. The Bertz CT molecular complexity index is 655. The van der Waals surface area contributed by atoms with Gasteiger partial charge in [0.2, 0.25) is 5.78 Å². The minimum absolute atomic E-state index is 0.113. The molecule has 0 spiro atoms. The first-order valence-electron chi connectivity index (χ1n) is 6.93. The van der Waals surface area contributed by atoms with Gasteiger partial charge in [0.1, 0.15) is 0 Å². The zero-order chi connectivity index (χ0) is 15.8. The minimum atomic E-state index is -0.443. The van der Waals surface area contributed by atoms with Crippen LogP contribution in [0.5, 0.6) is 0 Å². The highest BCUT2D eigenvalue weighted by atomic mass is 16.5. The van der Waals surface area contributed by atoms with Crippen LogP contribution in [0.1, 0.15) is 33.3 Å². The molecule has 0 aromatic heterocycles. The van der Waals surface area contributed by atoms with Crippen molar-refractivity contribution in [2.24, 2.45) is 5.41 Å². The molecular weight excluding hydrogens is 264 g/mol. The van der Waals surface area contributed by atoms with E-state index in [0.29, 0.717) is 16.7 Å². The molecule has 0 atom stereocenters. The first-order valence-corrected chi connectivity index (χ1v) is 6.93. The second-order valence-electron chi connectivity index (χ2n) is 6.18. The fourth-order valence-electron chi connectivity index (χ4n) is 2.63. The summed E-state index contributed by atoms with van der Waals surface area (Å²) in [7, 11) is 1.44. The Hall–Kier alpha value is -2.16. The maximum Gasteiger partial charge on any atom is 0.228 e. The number of rotatable bonds is 2. The molecule has 1 aliphatic carbocycles. The molecule has 3 nitrogen and oxygen atoms in total. The van der Waals surface area contributed by atoms with Gasteiger partial charge < -0.3 is 4.74 Å². The van der Waals surface area contributed by atoms with Crippen LogP contribution < -0.4 is 0 Å². The van der Waals surface area contributed by atoms with Crippen LogP contribution >= 0.6 is 0 Å². The van der Waals surface area contributed by atoms with Crippen molar-refractivity contribution in [2.75, 3.05) is 7.11 Å². The SMILES string of the molecule is COC1=C(C(C)(C)C)C(=O)C(C)=C(c2ccccc2)C1=O. The van der Waals surface area contributed by atoms with Crippen molar-refractivity contribution in [1.29, 1.82) is 0 Å². The quantitative estimate of drug-likeness (QED) is 0.780. The lowest BCUT2D eigenvalue weighted by Crippen LogP contribution is -2.30. The molecule has 1 aromatic rings. The summed E-state index contributed by atoms with van der Waals surface area (Å²) in [6.45, 7) is 7.44. The summed E-state index contributed by atoms with van der Waals surface area (Å²) in [6, 6.07) is 9.24. The van der Waals surface area contributed by atoms with Gasteiger partial charge in [0, 0.05) is 11.1 Å². The number of allylic oxidation sites excluding steroid dienone is 3. The van der Waals surface area contributed by atoms with Crippen LogP contribution in [-0.4, -0.2) is 18.7 Å². The summed E-state index contributed by atoms with van der Waals surface area (Å²) < 4.78 is 5.29. The van der Waals surface area contributed by atoms with Crippen molar-refractivity contribution in [1.82, 2.24) is 0 Å². The summed E-state index contributed by atoms with van der Waals surface area (Å²) >= 11 is 0. The lowest BCUT2D eigenvalue weighted by Gasteiger charge is -2.29. The Kier molecular flexibility index (Phi) is 3.86. The summed E-state index contributed by atoms with van der Waals surface area (Å²) in [6.07, 6.45) is 0. The van der Waals surface area contributed by atoms with Gasteiger partial charge in [-0.1, -0.05) is 51.1 Å². The van der Waals surface area contributed by atoms with Crippen molar-refractivity contribution in [3.8, 4) is 0 Å². The maximum absolute atomic E-state index is 12.8. The van der Waals surface area contributed by atoms with E-state index >= 15 is 0 Å². The van der Waals surface area contributed by atoms with Crippen LogP contribution in [0.4, 0.5) is 0 Å². The van der Waals surface area contributed by atoms with Gasteiger partial charge in [0.05, 0.1) is 12.7 Å². The predicted octanol–water partition coefficient (Wildman–Crippen LogP) is 3.56. The molecule has 0 saturated heterocycles. The summed E-state index contributed by atoms with van der Waals surface area (Å²) in [5.41, 5.74) is 1.67. The highest BCUT2D eigenvalue weighted by Crippen LogP contribution is 2.39. The van der Waals surface area contributed by atoms with Crippen LogP contribution in [0.25, 0.3) is 5.57 Å². The number of ketones is 2. The van der Waals surface area contributed by atoms with E-state index in [1.165, 1.54) is 7.11 Å². The van der Waals surface area contributed by atoms with E-state index in [4.69, 9.17) is 4.74 Å². The molecule has 3 heteroatoms. The van der Waals surface area contributed by atoms with E-state index in [2.05, 4.69) is 0 Å². The van der Waals surface area contributed by atoms with E-state index in [-0.39, 0.29) is 17.3 Å². The van der Waals surface area contributed by atoms with E-state index in [1.807, 2.05) is 51.1 Å². The standard InChI is InChI=1S/C18H20O3/c1-11-13(12-9-7-6-8-10-12)16(20)17(21-5)14(15(11)19)18(2,3)4/h6-10H,1-5H3. The molecule has 0 aliphatic heterocycles. The Morgan fingerprint density at radius 1 is 0.952 bits per heavy atom. The van der Waals surface area contributed by atoms with Crippen molar-refractivity contribution in [3.05, 3.63) is 52.8 Å². The summed E-state index contributed by atoms with van der Waals surface area (Å²) in [4.78, 5) is 25.5. The number of hydrogen-bond acceptors (Lipinski definition) is 3. The highest BCUT2D eigenvalue weighted by Gasteiger charge is 2.39. The smallest absolute Gasteiger partial charge is 0.228 e. The molecule has 21 heavy (non-hydrogen) atoms. The van der Waals surface area contributed by atoms with Crippen LogP contribution in [-0.2, 0) is 14.3 Å². The molecule has 1 aromatic carbocycles. The topological polar surface area (TPSA) is 43.4 Å². The number of hydrogen-bond donors (Lipinski definition) is 0. The van der Waals surface area contributed by atoms with Crippen LogP contribution in [0.2, 0.25) is 0 Å². The van der Waals surface area contributed by atoms with Gasteiger partial charge in [0.25, 0.3) is 0 Å². The fraction of sp³-hybridized carbons (Fsp3) is 0.333. The second-order valence-corrected chi connectivity index (χ2v) is 6.18. The molecule has 0 unspecified atom stereocenters.